The molecule has 1 aliphatic rings. The van der Waals surface area contributed by atoms with Gasteiger partial charge in [0.1, 0.15) is 5.75 Å². The first-order valence-corrected chi connectivity index (χ1v) is 11.5. The van der Waals surface area contributed by atoms with Gasteiger partial charge in [0.2, 0.25) is 6.41 Å². The highest BCUT2D eigenvalue weighted by molar-refractivity contribution is 7.80. The maximum Gasteiger partial charge on any atom is 0.210 e. The standard InChI is InChI=1S/C20H32N2O2.C5H5NS/c1-16-6-7-17(2)19(14-16)24-13-5-10-20(3,4)22(15-23)18-8-11-21-12-9-18;7-5-2-1-3-6-4-5/h6-7,14-15,18,21H,5,8-13H2,1-4H3;1-4,7H. The highest BCUT2D eigenvalue weighted by Gasteiger charge is 2.31. The average molecular weight is 444 g/mol. The first kappa shape index (κ1) is 25.2. The highest BCUT2D eigenvalue weighted by Crippen LogP contribution is 2.26. The number of carbonyl (C=O) groups is 1. The minimum Gasteiger partial charge on any atom is -0.493 e. The third-order valence-corrected chi connectivity index (χ3v) is 5.96. The van der Waals surface area contributed by atoms with Crippen LogP contribution in [0.3, 0.4) is 0 Å². The number of carbonyl (C=O) groups excluding carboxylic acids is 1. The van der Waals surface area contributed by atoms with Gasteiger partial charge in [-0.15, -0.1) is 12.6 Å². The number of nitrogens with zero attached hydrogens (tertiary/aromatic N) is 2. The molecule has 170 valence electrons. The molecule has 2 aromatic rings. The smallest absolute Gasteiger partial charge is 0.210 e. The summed E-state index contributed by atoms with van der Waals surface area (Å²) < 4.78 is 5.96. The van der Waals surface area contributed by atoms with E-state index in [1.807, 2.05) is 17.0 Å². The van der Waals surface area contributed by atoms with Crippen LogP contribution in [0.25, 0.3) is 0 Å². The summed E-state index contributed by atoms with van der Waals surface area (Å²) in [5.41, 5.74) is 2.26. The molecule has 0 spiro atoms. The number of nitrogens with one attached hydrogen (secondary N) is 1. The average Bonchev–Trinajstić information content (AvgIpc) is 2.75. The Kier molecular flexibility index (Phi) is 10.3. The Bertz CT molecular complexity index is 793. The summed E-state index contributed by atoms with van der Waals surface area (Å²) in [7, 11) is 0. The molecule has 3 rings (SSSR count). The fraction of sp³-hybridized carbons (Fsp3) is 0.520. The minimum atomic E-state index is -0.130. The Morgan fingerprint density at radius 3 is 2.58 bits per heavy atom. The fourth-order valence-corrected chi connectivity index (χ4v) is 3.99. The first-order valence-electron chi connectivity index (χ1n) is 11.1. The van der Waals surface area contributed by atoms with Crippen molar-refractivity contribution in [3.8, 4) is 5.75 Å². The van der Waals surface area contributed by atoms with Gasteiger partial charge in [0.25, 0.3) is 0 Å². The molecule has 0 atom stereocenters. The molecule has 1 fully saturated rings. The number of piperidine rings is 1. The van der Waals surface area contributed by atoms with Gasteiger partial charge in [-0.2, -0.15) is 0 Å². The van der Waals surface area contributed by atoms with E-state index in [1.165, 1.54) is 11.1 Å². The van der Waals surface area contributed by atoms with Crippen molar-refractivity contribution < 1.29 is 9.53 Å². The molecule has 0 aliphatic carbocycles. The Morgan fingerprint density at radius 2 is 2.00 bits per heavy atom. The molecular formula is C25H37N3O2S. The summed E-state index contributed by atoms with van der Waals surface area (Å²) in [6.45, 7) is 11.2. The van der Waals surface area contributed by atoms with Gasteiger partial charge in [-0.3, -0.25) is 9.78 Å². The minimum absolute atomic E-state index is 0.130. The Morgan fingerprint density at radius 1 is 1.26 bits per heavy atom. The van der Waals surface area contributed by atoms with Crippen molar-refractivity contribution in [2.45, 2.75) is 69.9 Å². The second-order valence-electron chi connectivity index (χ2n) is 8.74. The molecule has 2 heterocycles. The van der Waals surface area contributed by atoms with Crippen molar-refractivity contribution >= 4 is 19.0 Å². The van der Waals surface area contributed by atoms with Crippen LogP contribution in [0.2, 0.25) is 0 Å². The van der Waals surface area contributed by atoms with Crippen LogP contribution < -0.4 is 10.1 Å². The molecule has 0 unspecified atom stereocenters. The zero-order valence-electron chi connectivity index (χ0n) is 19.3. The van der Waals surface area contributed by atoms with Gasteiger partial charge in [0.05, 0.1) is 6.61 Å². The van der Waals surface area contributed by atoms with Crippen LogP contribution in [0.15, 0.2) is 47.6 Å². The van der Waals surface area contributed by atoms with Gasteiger partial charge in [0, 0.05) is 28.9 Å². The molecule has 1 aliphatic heterocycles. The van der Waals surface area contributed by atoms with Crippen LogP contribution in [0.4, 0.5) is 0 Å². The van der Waals surface area contributed by atoms with Crippen LogP contribution in [0, 0.1) is 13.8 Å². The molecule has 31 heavy (non-hydrogen) atoms. The van der Waals surface area contributed by atoms with Crippen LogP contribution >= 0.6 is 12.6 Å². The maximum absolute atomic E-state index is 11.7. The van der Waals surface area contributed by atoms with E-state index < -0.39 is 0 Å². The second-order valence-corrected chi connectivity index (χ2v) is 9.25. The SMILES string of the molecule is Cc1ccc(C)c(OCCCC(C)(C)N(C=O)C2CCNCC2)c1.Sc1cccnc1. The molecule has 1 N–H and O–H groups in total. The predicted molar refractivity (Wildman–Crippen MR) is 130 cm³/mol. The number of benzene rings is 1. The molecule has 1 aromatic heterocycles. The number of rotatable bonds is 8. The lowest BCUT2D eigenvalue weighted by Gasteiger charge is -2.43. The third-order valence-electron chi connectivity index (χ3n) is 5.69. The van der Waals surface area contributed by atoms with Crippen LogP contribution in [-0.2, 0) is 4.79 Å². The predicted octanol–water partition coefficient (Wildman–Crippen LogP) is 4.82. The summed E-state index contributed by atoms with van der Waals surface area (Å²) in [5, 5.41) is 3.36. The molecular weight excluding hydrogens is 406 g/mol. The van der Waals surface area contributed by atoms with Crippen molar-refractivity contribution in [1.82, 2.24) is 15.2 Å². The molecule has 0 radical (unpaired) electrons. The number of aryl methyl sites for hydroxylation is 2. The number of amides is 1. The normalized spacial score (nSPS) is 14.4. The molecule has 5 nitrogen and oxygen atoms in total. The maximum atomic E-state index is 11.7. The highest BCUT2D eigenvalue weighted by atomic mass is 32.1. The van der Waals surface area contributed by atoms with Crippen LogP contribution in [0.1, 0.15) is 50.7 Å². The van der Waals surface area contributed by atoms with Gasteiger partial charge < -0.3 is 15.0 Å². The van der Waals surface area contributed by atoms with E-state index in [9.17, 15) is 4.79 Å². The second kappa shape index (κ2) is 12.7. The molecule has 1 amide bonds. The van der Waals surface area contributed by atoms with E-state index in [0.717, 1.165) is 55.8 Å². The van der Waals surface area contributed by atoms with Gasteiger partial charge >= 0.3 is 0 Å². The summed E-state index contributed by atoms with van der Waals surface area (Å²) >= 11 is 4.02. The van der Waals surface area contributed by atoms with Crippen LogP contribution in [0.5, 0.6) is 5.75 Å². The lowest BCUT2D eigenvalue weighted by atomic mass is 9.92. The molecule has 6 heteroatoms. The molecule has 0 bridgehead atoms. The lowest BCUT2D eigenvalue weighted by Crippen LogP contribution is -2.52. The summed E-state index contributed by atoms with van der Waals surface area (Å²) in [5.74, 6) is 0.971. The van der Waals surface area contributed by atoms with Crippen molar-refractivity contribution in [2.75, 3.05) is 19.7 Å². The van der Waals surface area contributed by atoms with Crippen molar-refractivity contribution in [3.63, 3.8) is 0 Å². The van der Waals surface area contributed by atoms with Gasteiger partial charge in [-0.05, 0) is 95.8 Å². The summed E-state index contributed by atoms with van der Waals surface area (Å²) in [4.78, 5) is 18.4. The number of pyridine rings is 1. The number of ether oxygens (including phenoxy) is 1. The lowest BCUT2D eigenvalue weighted by molar-refractivity contribution is -0.127. The van der Waals surface area contributed by atoms with E-state index in [0.29, 0.717) is 12.6 Å². The summed E-state index contributed by atoms with van der Waals surface area (Å²) in [6, 6.07) is 10.4. The number of hydrogen-bond acceptors (Lipinski definition) is 5. The van der Waals surface area contributed by atoms with Gasteiger partial charge in [-0.25, -0.2) is 0 Å². The van der Waals surface area contributed by atoms with Crippen molar-refractivity contribution in [3.05, 3.63) is 53.9 Å². The Labute approximate surface area is 193 Å². The monoisotopic (exact) mass is 443 g/mol. The van der Waals surface area contributed by atoms with Crippen molar-refractivity contribution in [2.24, 2.45) is 0 Å². The third kappa shape index (κ3) is 8.54. The number of hydrogen-bond donors (Lipinski definition) is 2. The fourth-order valence-electron chi connectivity index (χ4n) is 3.84. The van der Waals surface area contributed by atoms with E-state index in [-0.39, 0.29) is 5.54 Å². The number of aromatic nitrogens is 1. The van der Waals surface area contributed by atoms with Gasteiger partial charge in [-0.1, -0.05) is 12.1 Å². The Balaban J connectivity index is 0.000000412. The topological polar surface area (TPSA) is 54.5 Å². The number of thiol groups is 1. The zero-order valence-corrected chi connectivity index (χ0v) is 20.2. The van der Waals surface area contributed by atoms with Crippen LogP contribution in [-0.4, -0.2) is 47.6 Å². The van der Waals surface area contributed by atoms with Crippen molar-refractivity contribution in [1.29, 1.82) is 0 Å². The van der Waals surface area contributed by atoms with E-state index in [4.69, 9.17) is 4.74 Å². The summed E-state index contributed by atoms with van der Waals surface area (Å²) in [6.07, 6.45) is 8.43. The van der Waals surface area contributed by atoms with E-state index in [2.05, 4.69) is 68.8 Å². The van der Waals surface area contributed by atoms with Gasteiger partial charge in [0.15, 0.2) is 0 Å². The van der Waals surface area contributed by atoms with E-state index >= 15 is 0 Å². The largest absolute Gasteiger partial charge is 0.493 e. The molecule has 1 saturated heterocycles. The molecule has 1 aromatic carbocycles. The molecule has 0 saturated carbocycles. The first-order chi connectivity index (χ1) is 14.8. The van der Waals surface area contributed by atoms with E-state index in [1.54, 1.807) is 12.4 Å². The quantitative estimate of drug-likeness (QED) is 0.349. The Hall–Kier alpha value is -2.05. The zero-order chi connectivity index (χ0) is 22.7.